The van der Waals surface area contributed by atoms with Crippen LogP contribution in [0.5, 0.6) is 0 Å². The second-order valence-electron chi connectivity index (χ2n) is 11.1. The second kappa shape index (κ2) is 9.65. The predicted octanol–water partition coefficient (Wildman–Crippen LogP) is 3.16. The molecular formula is C29H35N5O3. The molecule has 1 aliphatic carbocycles. The van der Waals surface area contributed by atoms with Gasteiger partial charge in [0.25, 0.3) is 0 Å². The van der Waals surface area contributed by atoms with Crippen LogP contribution in [0.3, 0.4) is 0 Å². The van der Waals surface area contributed by atoms with Crippen LogP contribution in [0.25, 0.3) is 10.9 Å². The molecule has 3 aromatic rings. The molecule has 2 N–H and O–H groups in total. The highest BCUT2D eigenvalue weighted by Crippen LogP contribution is 2.36. The predicted molar refractivity (Wildman–Crippen MR) is 142 cm³/mol. The molecule has 2 heterocycles. The number of benzene rings is 2. The van der Waals surface area contributed by atoms with Crippen molar-refractivity contribution in [3.63, 3.8) is 0 Å². The number of likely N-dealkylation sites (N-methyl/N-ethyl adjacent to an activating group) is 1. The van der Waals surface area contributed by atoms with Crippen LogP contribution < -0.4 is 5.32 Å². The SMILES string of the molecule is Cc1[nH]nc2ccc(C(C(=O)N(C)C)N3C(=O)C(C4Cc5ccccc5C4)NC(=O)C3CC(C)C)cc12. The van der Waals surface area contributed by atoms with Gasteiger partial charge < -0.3 is 15.1 Å². The molecule has 3 amide bonds. The third-order valence-electron chi connectivity index (χ3n) is 7.74. The van der Waals surface area contributed by atoms with Gasteiger partial charge in [0.05, 0.1) is 5.52 Å². The average molecular weight is 502 g/mol. The van der Waals surface area contributed by atoms with Gasteiger partial charge in [0.1, 0.15) is 18.1 Å². The van der Waals surface area contributed by atoms with Crippen LogP contribution in [0, 0.1) is 18.8 Å². The van der Waals surface area contributed by atoms with Crippen molar-refractivity contribution < 1.29 is 14.4 Å². The van der Waals surface area contributed by atoms with Gasteiger partial charge in [-0.1, -0.05) is 44.2 Å². The van der Waals surface area contributed by atoms with E-state index in [2.05, 4.69) is 27.6 Å². The number of H-pyrrole nitrogens is 1. The van der Waals surface area contributed by atoms with E-state index in [0.717, 1.165) is 29.4 Å². The molecule has 1 aromatic heterocycles. The number of carbonyl (C=O) groups excluding carboxylic acids is 3. The van der Waals surface area contributed by atoms with E-state index in [1.165, 1.54) is 16.0 Å². The van der Waals surface area contributed by atoms with Crippen molar-refractivity contribution in [2.75, 3.05) is 14.1 Å². The molecular weight excluding hydrogens is 466 g/mol. The summed E-state index contributed by atoms with van der Waals surface area (Å²) in [6, 6.07) is 11.5. The van der Waals surface area contributed by atoms with Crippen molar-refractivity contribution >= 4 is 28.6 Å². The van der Waals surface area contributed by atoms with Gasteiger partial charge in [-0.15, -0.1) is 0 Å². The molecule has 1 fully saturated rings. The molecule has 3 atom stereocenters. The lowest BCUT2D eigenvalue weighted by molar-refractivity contribution is -0.159. The fourth-order valence-electron chi connectivity index (χ4n) is 5.87. The van der Waals surface area contributed by atoms with Crippen molar-refractivity contribution in [3.8, 4) is 0 Å². The highest BCUT2D eigenvalue weighted by molar-refractivity contribution is 6.00. The minimum absolute atomic E-state index is 0.0509. The van der Waals surface area contributed by atoms with E-state index in [1.807, 2.05) is 51.1 Å². The summed E-state index contributed by atoms with van der Waals surface area (Å²) in [5.74, 6) is -0.499. The van der Waals surface area contributed by atoms with E-state index in [1.54, 1.807) is 19.0 Å². The Morgan fingerprint density at radius 3 is 2.41 bits per heavy atom. The van der Waals surface area contributed by atoms with Crippen molar-refractivity contribution in [2.45, 2.75) is 58.2 Å². The molecule has 0 radical (unpaired) electrons. The summed E-state index contributed by atoms with van der Waals surface area (Å²) >= 11 is 0. The van der Waals surface area contributed by atoms with Gasteiger partial charge in [-0.25, -0.2) is 0 Å². The first-order chi connectivity index (χ1) is 17.7. The Bertz CT molecular complexity index is 1340. The summed E-state index contributed by atoms with van der Waals surface area (Å²) in [5.41, 5.74) is 4.79. The van der Waals surface area contributed by atoms with Crippen LogP contribution in [0.15, 0.2) is 42.5 Å². The van der Waals surface area contributed by atoms with E-state index in [0.29, 0.717) is 12.0 Å². The van der Waals surface area contributed by atoms with Crippen molar-refractivity contribution in [1.82, 2.24) is 25.3 Å². The lowest BCUT2D eigenvalue weighted by Gasteiger charge is -2.45. The number of fused-ring (bicyclic) bond motifs is 2. The third-order valence-corrected chi connectivity index (χ3v) is 7.74. The summed E-state index contributed by atoms with van der Waals surface area (Å²) in [5, 5.41) is 11.3. The highest BCUT2D eigenvalue weighted by atomic mass is 16.2. The zero-order valence-corrected chi connectivity index (χ0v) is 22.1. The van der Waals surface area contributed by atoms with Gasteiger partial charge in [-0.05, 0) is 66.8 Å². The fraction of sp³-hybridized carbons (Fsp3) is 0.448. The molecule has 194 valence electrons. The standard InChI is InChI=1S/C29H35N5O3/c1-16(2)12-24-27(35)30-25(21-13-18-8-6-7-9-19(18)14-21)28(36)34(24)26(29(37)33(4)5)20-10-11-23-22(15-20)17(3)31-32-23/h6-11,15-16,21,24-26H,12-14H2,1-5H3,(H,30,35)(H,31,32). The van der Waals surface area contributed by atoms with Crippen LogP contribution in [-0.2, 0) is 27.2 Å². The van der Waals surface area contributed by atoms with Crippen LogP contribution >= 0.6 is 0 Å². The van der Waals surface area contributed by atoms with Gasteiger partial charge in [0.2, 0.25) is 17.7 Å². The second-order valence-corrected chi connectivity index (χ2v) is 11.1. The van der Waals surface area contributed by atoms with E-state index < -0.39 is 18.1 Å². The number of carbonyl (C=O) groups is 3. The molecule has 37 heavy (non-hydrogen) atoms. The molecule has 0 bridgehead atoms. The lowest BCUT2D eigenvalue weighted by Crippen LogP contribution is -2.67. The number of aryl methyl sites for hydroxylation is 1. The Morgan fingerprint density at radius 2 is 1.78 bits per heavy atom. The van der Waals surface area contributed by atoms with Crippen LogP contribution in [0.1, 0.15) is 48.7 Å². The van der Waals surface area contributed by atoms with E-state index in [9.17, 15) is 14.4 Å². The summed E-state index contributed by atoms with van der Waals surface area (Å²) in [4.78, 5) is 44.8. The molecule has 0 saturated carbocycles. The number of hydrogen-bond acceptors (Lipinski definition) is 4. The summed E-state index contributed by atoms with van der Waals surface area (Å²) in [6.45, 7) is 5.98. The Kier molecular flexibility index (Phi) is 6.52. The molecule has 2 aliphatic rings. The maximum Gasteiger partial charge on any atom is 0.249 e. The molecule has 5 rings (SSSR count). The van der Waals surface area contributed by atoms with Gasteiger partial charge in [-0.2, -0.15) is 5.10 Å². The van der Waals surface area contributed by atoms with Crippen molar-refractivity contribution in [1.29, 1.82) is 0 Å². The van der Waals surface area contributed by atoms with Crippen LogP contribution in [0.2, 0.25) is 0 Å². The number of rotatable bonds is 6. The Balaban J connectivity index is 1.59. The normalized spacial score (nSPS) is 20.9. The average Bonchev–Trinajstić information content (AvgIpc) is 3.46. The Labute approximate surface area is 217 Å². The Hall–Kier alpha value is -3.68. The van der Waals surface area contributed by atoms with Gasteiger partial charge >= 0.3 is 0 Å². The molecule has 3 unspecified atom stereocenters. The zero-order valence-electron chi connectivity index (χ0n) is 22.1. The van der Waals surface area contributed by atoms with E-state index >= 15 is 0 Å². The molecule has 1 saturated heterocycles. The smallest absolute Gasteiger partial charge is 0.249 e. The fourth-order valence-corrected chi connectivity index (χ4v) is 5.87. The van der Waals surface area contributed by atoms with E-state index in [4.69, 9.17) is 0 Å². The zero-order chi connectivity index (χ0) is 26.4. The number of hydrogen-bond donors (Lipinski definition) is 2. The number of aromatic nitrogens is 2. The van der Waals surface area contributed by atoms with Gasteiger partial charge in [0, 0.05) is 25.2 Å². The first kappa shape index (κ1) is 25.0. The number of aromatic amines is 1. The van der Waals surface area contributed by atoms with Crippen molar-refractivity contribution in [3.05, 3.63) is 64.8 Å². The maximum absolute atomic E-state index is 14.3. The van der Waals surface area contributed by atoms with Crippen LogP contribution in [-0.4, -0.2) is 63.9 Å². The summed E-state index contributed by atoms with van der Waals surface area (Å²) in [7, 11) is 3.38. The summed E-state index contributed by atoms with van der Waals surface area (Å²) in [6.07, 6.45) is 1.92. The Morgan fingerprint density at radius 1 is 1.11 bits per heavy atom. The monoisotopic (exact) mass is 501 g/mol. The van der Waals surface area contributed by atoms with E-state index in [-0.39, 0.29) is 29.6 Å². The minimum Gasteiger partial charge on any atom is -0.347 e. The van der Waals surface area contributed by atoms with Crippen LogP contribution in [0.4, 0.5) is 0 Å². The number of nitrogens with zero attached hydrogens (tertiary/aromatic N) is 3. The minimum atomic E-state index is -0.915. The topological polar surface area (TPSA) is 98.4 Å². The lowest BCUT2D eigenvalue weighted by atomic mass is 9.87. The molecule has 2 aromatic carbocycles. The number of piperazine rings is 1. The van der Waals surface area contributed by atoms with Gasteiger partial charge in [-0.3, -0.25) is 19.5 Å². The highest BCUT2D eigenvalue weighted by Gasteiger charge is 2.49. The summed E-state index contributed by atoms with van der Waals surface area (Å²) < 4.78 is 0. The van der Waals surface area contributed by atoms with Crippen molar-refractivity contribution in [2.24, 2.45) is 11.8 Å². The number of nitrogens with one attached hydrogen (secondary N) is 2. The molecule has 8 nitrogen and oxygen atoms in total. The molecule has 1 aliphatic heterocycles. The third kappa shape index (κ3) is 4.49. The largest absolute Gasteiger partial charge is 0.347 e. The first-order valence-electron chi connectivity index (χ1n) is 13.0. The number of amides is 3. The molecule has 8 heteroatoms. The quantitative estimate of drug-likeness (QED) is 0.542. The first-order valence-corrected chi connectivity index (χ1v) is 13.0. The van der Waals surface area contributed by atoms with Gasteiger partial charge in [0.15, 0.2) is 0 Å². The maximum atomic E-state index is 14.3. The molecule has 0 spiro atoms.